The van der Waals surface area contributed by atoms with Gasteiger partial charge in [0, 0.05) is 12.1 Å². The fourth-order valence-electron chi connectivity index (χ4n) is 3.94. The van der Waals surface area contributed by atoms with Crippen molar-refractivity contribution in [1.29, 1.82) is 0 Å². The van der Waals surface area contributed by atoms with Crippen LogP contribution in [0.2, 0.25) is 0 Å². The van der Waals surface area contributed by atoms with E-state index < -0.39 is 0 Å². The number of rotatable bonds is 5. The highest BCUT2D eigenvalue weighted by molar-refractivity contribution is 6.03. The maximum Gasteiger partial charge on any atom is 0.229 e. The number of carbonyl (C=O) groups is 1. The van der Waals surface area contributed by atoms with Gasteiger partial charge in [0.2, 0.25) is 5.95 Å². The fourth-order valence-corrected chi connectivity index (χ4v) is 3.94. The van der Waals surface area contributed by atoms with Crippen molar-refractivity contribution in [2.45, 2.75) is 40.5 Å². The molecule has 1 aliphatic rings. The number of aryl methyl sites for hydroxylation is 2. The van der Waals surface area contributed by atoms with Gasteiger partial charge in [-0.05, 0) is 61.1 Å². The Kier molecular flexibility index (Phi) is 5.39. The van der Waals surface area contributed by atoms with Crippen LogP contribution >= 0.6 is 0 Å². The molecule has 0 atom stereocenters. The molecule has 0 bridgehead atoms. The van der Waals surface area contributed by atoms with Gasteiger partial charge < -0.3 is 15.4 Å². The molecule has 2 N–H and O–H groups in total. The number of Topliss-reactive ketones (excluding diaryl/α,β-unsaturated/α-hetero) is 1. The van der Waals surface area contributed by atoms with E-state index in [-0.39, 0.29) is 11.2 Å². The Hall–Kier alpha value is -3.41. The first-order valence-electron chi connectivity index (χ1n) is 10.4. The van der Waals surface area contributed by atoms with Crippen molar-refractivity contribution in [3.8, 4) is 5.75 Å². The first-order valence-corrected chi connectivity index (χ1v) is 10.4. The van der Waals surface area contributed by atoms with E-state index in [9.17, 15) is 4.79 Å². The summed E-state index contributed by atoms with van der Waals surface area (Å²) >= 11 is 0. The normalized spacial score (nSPS) is 14.7. The molecule has 0 aliphatic heterocycles. The number of nitrogens with zero attached hydrogens (tertiary/aromatic N) is 2. The number of benzene rings is 2. The Morgan fingerprint density at radius 1 is 0.968 bits per heavy atom. The van der Waals surface area contributed by atoms with Crippen molar-refractivity contribution in [2.75, 3.05) is 17.7 Å². The molecule has 0 amide bonds. The maximum atomic E-state index is 13.0. The van der Waals surface area contributed by atoms with E-state index in [0.29, 0.717) is 35.9 Å². The highest BCUT2D eigenvalue weighted by atomic mass is 16.5. The molecule has 0 saturated heterocycles. The van der Waals surface area contributed by atoms with Crippen LogP contribution in [0.4, 0.5) is 23.1 Å². The molecule has 6 heteroatoms. The van der Waals surface area contributed by atoms with Crippen molar-refractivity contribution in [2.24, 2.45) is 5.41 Å². The Morgan fingerprint density at radius 2 is 1.74 bits per heavy atom. The average Bonchev–Trinajstić information content (AvgIpc) is 2.69. The lowest BCUT2D eigenvalue weighted by atomic mass is 9.75. The van der Waals surface area contributed by atoms with Crippen molar-refractivity contribution in [1.82, 2.24) is 9.97 Å². The van der Waals surface area contributed by atoms with Gasteiger partial charge in [-0.15, -0.1) is 0 Å². The zero-order chi connectivity index (χ0) is 22.2. The van der Waals surface area contributed by atoms with Crippen LogP contribution < -0.4 is 15.4 Å². The lowest BCUT2D eigenvalue weighted by Gasteiger charge is -2.30. The number of ether oxygens (including phenoxy) is 1. The highest BCUT2D eigenvalue weighted by Crippen LogP contribution is 2.38. The van der Waals surface area contributed by atoms with Crippen molar-refractivity contribution in [3.63, 3.8) is 0 Å². The standard InChI is InChI=1S/C25H28N4O2/c1-15-10-11-17(12-16(15)2)26-24-28-19-13-25(3,4)14-20(30)22(19)23(29-24)27-18-8-6-7-9-21(18)31-5/h6-12H,13-14H2,1-5H3,(H2,26,27,28,29). The van der Waals surface area contributed by atoms with Gasteiger partial charge in [-0.3, -0.25) is 4.79 Å². The monoisotopic (exact) mass is 416 g/mol. The zero-order valence-corrected chi connectivity index (χ0v) is 18.7. The minimum absolute atomic E-state index is 0.0568. The molecule has 31 heavy (non-hydrogen) atoms. The van der Waals surface area contributed by atoms with Gasteiger partial charge >= 0.3 is 0 Å². The molecular formula is C25H28N4O2. The molecule has 0 spiro atoms. The third-order valence-electron chi connectivity index (χ3n) is 5.67. The number of methoxy groups -OCH3 is 1. The lowest BCUT2D eigenvalue weighted by Crippen LogP contribution is -2.29. The Balaban J connectivity index is 1.79. The van der Waals surface area contributed by atoms with Crippen molar-refractivity contribution >= 4 is 28.9 Å². The number of hydrogen-bond acceptors (Lipinski definition) is 6. The van der Waals surface area contributed by atoms with Crippen LogP contribution in [0, 0.1) is 19.3 Å². The molecule has 0 saturated carbocycles. The Labute approximate surface area is 183 Å². The van der Waals surface area contributed by atoms with Crippen LogP contribution in [0.15, 0.2) is 42.5 Å². The number of anilines is 4. The van der Waals surface area contributed by atoms with Gasteiger partial charge in [-0.25, -0.2) is 4.98 Å². The lowest BCUT2D eigenvalue weighted by molar-refractivity contribution is 0.0911. The largest absolute Gasteiger partial charge is 0.495 e. The van der Waals surface area contributed by atoms with E-state index >= 15 is 0 Å². The summed E-state index contributed by atoms with van der Waals surface area (Å²) in [7, 11) is 1.62. The van der Waals surface area contributed by atoms with Crippen LogP contribution in [0.5, 0.6) is 5.75 Å². The molecule has 2 aromatic carbocycles. The second-order valence-corrected chi connectivity index (χ2v) is 8.91. The van der Waals surface area contributed by atoms with Gasteiger partial charge in [0.15, 0.2) is 5.78 Å². The second-order valence-electron chi connectivity index (χ2n) is 8.91. The number of para-hydroxylation sites is 2. The quantitative estimate of drug-likeness (QED) is 0.552. The number of aromatic nitrogens is 2. The number of hydrogen-bond donors (Lipinski definition) is 2. The molecule has 1 heterocycles. The number of ketones is 1. The first-order chi connectivity index (χ1) is 14.8. The third kappa shape index (κ3) is 4.38. The van der Waals surface area contributed by atoms with Crippen molar-refractivity contribution in [3.05, 3.63) is 64.8 Å². The zero-order valence-electron chi connectivity index (χ0n) is 18.7. The summed E-state index contributed by atoms with van der Waals surface area (Å²) in [5.74, 6) is 1.70. The summed E-state index contributed by atoms with van der Waals surface area (Å²) in [5, 5.41) is 6.63. The van der Waals surface area contributed by atoms with Crippen LogP contribution in [0.1, 0.15) is 47.4 Å². The summed E-state index contributed by atoms with van der Waals surface area (Å²) in [6.07, 6.45) is 1.17. The van der Waals surface area contributed by atoms with Crippen LogP contribution in [0.3, 0.4) is 0 Å². The number of nitrogens with one attached hydrogen (secondary N) is 2. The molecule has 0 fully saturated rings. The molecular weight excluding hydrogens is 388 g/mol. The predicted molar refractivity (Wildman–Crippen MR) is 124 cm³/mol. The summed E-state index contributed by atoms with van der Waals surface area (Å²) < 4.78 is 5.47. The van der Waals surface area contributed by atoms with E-state index in [1.807, 2.05) is 30.3 Å². The smallest absolute Gasteiger partial charge is 0.229 e. The summed E-state index contributed by atoms with van der Waals surface area (Å²) in [6.45, 7) is 8.35. The Bertz CT molecular complexity index is 1150. The fraction of sp³-hybridized carbons (Fsp3) is 0.320. The van der Waals surface area contributed by atoms with Crippen LogP contribution in [-0.2, 0) is 6.42 Å². The van der Waals surface area contributed by atoms with Crippen LogP contribution in [-0.4, -0.2) is 22.9 Å². The molecule has 3 aromatic rings. The van der Waals surface area contributed by atoms with E-state index in [1.54, 1.807) is 7.11 Å². The van der Waals surface area contributed by atoms with E-state index in [2.05, 4.69) is 50.5 Å². The summed E-state index contributed by atoms with van der Waals surface area (Å²) in [4.78, 5) is 22.5. The van der Waals surface area contributed by atoms with E-state index in [4.69, 9.17) is 14.7 Å². The predicted octanol–water partition coefficient (Wildman–Crippen LogP) is 5.74. The topological polar surface area (TPSA) is 76.1 Å². The average molecular weight is 417 g/mol. The van der Waals surface area contributed by atoms with Crippen LogP contribution in [0.25, 0.3) is 0 Å². The van der Waals surface area contributed by atoms with Crippen molar-refractivity contribution < 1.29 is 9.53 Å². The summed E-state index contributed by atoms with van der Waals surface area (Å²) in [6, 6.07) is 13.7. The van der Waals surface area contributed by atoms with Gasteiger partial charge in [-0.1, -0.05) is 32.0 Å². The van der Waals surface area contributed by atoms with Gasteiger partial charge in [0.05, 0.1) is 24.1 Å². The molecule has 1 aromatic heterocycles. The van der Waals surface area contributed by atoms with Gasteiger partial charge in [0.1, 0.15) is 11.6 Å². The summed E-state index contributed by atoms with van der Waals surface area (Å²) in [5.41, 5.74) is 5.26. The number of fused-ring (bicyclic) bond motifs is 1. The molecule has 0 unspecified atom stereocenters. The maximum absolute atomic E-state index is 13.0. The second kappa shape index (κ2) is 8.02. The highest BCUT2D eigenvalue weighted by Gasteiger charge is 2.35. The van der Waals surface area contributed by atoms with Gasteiger partial charge in [-0.2, -0.15) is 4.98 Å². The first kappa shape index (κ1) is 20.8. The third-order valence-corrected chi connectivity index (χ3v) is 5.67. The Morgan fingerprint density at radius 3 is 2.48 bits per heavy atom. The minimum atomic E-state index is -0.141. The molecule has 160 valence electrons. The molecule has 4 rings (SSSR count). The van der Waals surface area contributed by atoms with E-state index in [1.165, 1.54) is 11.1 Å². The van der Waals surface area contributed by atoms with Gasteiger partial charge in [0.25, 0.3) is 0 Å². The molecule has 1 aliphatic carbocycles. The molecule has 6 nitrogen and oxygen atoms in total. The minimum Gasteiger partial charge on any atom is -0.495 e. The SMILES string of the molecule is COc1ccccc1Nc1nc(Nc2ccc(C)c(C)c2)nc2c1C(=O)CC(C)(C)C2. The van der Waals surface area contributed by atoms with E-state index in [0.717, 1.165) is 17.1 Å². The molecule has 0 radical (unpaired) electrons. The number of carbonyl (C=O) groups excluding carboxylic acids is 1.